The number of hydrogen-bond acceptors (Lipinski definition) is 2. The number of thioether (sulfide) groups is 1. The predicted octanol–water partition coefficient (Wildman–Crippen LogP) is 4.01. The van der Waals surface area contributed by atoms with Gasteiger partial charge < -0.3 is 0 Å². The molecule has 0 aliphatic heterocycles. The molecule has 0 fully saturated rings. The van der Waals surface area contributed by atoms with Crippen LogP contribution in [-0.4, -0.2) is 35.6 Å². The normalized spacial score (nSPS) is 14.6. The summed E-state index contributed by atoms with van der Waals surface area (Å²) in [5.74, 6) is -9.64. The van der Waals surface area contributed by atoms with Gasteiger partial charge in [0, 0.05) is 18.6 Å². The molecule has 0 spiro atoms. The van der Waals surface area contributed by atoms with E-state index in [4.69, 9.17) is 0 Å². The van der Waals surface area contributed by atoms with E-state index in [-0.39, 0.29) is 17.3 Å². The molecular formula is C10H14F6OS. The van der Waals surface area contributed by atoms with Crippen molar-refractivity contribution in [2.75, 3.05) is 12.4 Å². The van der Waals surface area contributed by atoms with Crippen LogP contribution in [0.2, 0.25) is 0 Å². The maximum atomic E-state index is 13.1. The first-order valence-electron chi connectivity index (χ1n) is 5.27. The van der Waals surface area contributed by atoms with Crippen molar-refractivity contribution < 1.29 is 31.1 Å². The zero-order valence-electron chi connectivity index (χ0n) is 9.70. The van der Waals surface area contributed by atoms with Gasteiger partial charge in [0.2, 0.25) is 0 Å². The quantitative estimate of drug-likeness (QED) is 0.629. The highest BCUT2D eigenvalue weighted by molar-refractivity contribution is 8.13. The van der Waals surface area contributed by atoms with Crippen LogP contribution in [-0.2, 0) is 4.79 Å². The van der Waals surface area contributed by atoms with Crippen LogP contribution >= 0.6 is 11.8 Å². The van der Waals surface area contributed by atoms with Crippen LogP contribution in [0.1, 0.15) is 26.2 Å². The van der Waals surface area contributed by atoms with Crippen LogP contribution in [0.4, 0.5) is 26.3 Å². The lowest BCUT2D eigenvalue weighted by molar-refractivity contribution is -0.224. The molecule has 0 N–H and O–H groups in total. The van der Waals surface area contributed by atoms with Crippen molar-refractivity contribution in [2.24, 2.45) is 0 Å². The summed E-state index contributed by atoms with van der Waals surface area (Å²) < 4.78 is 75.3. The van der Waals surface area contributed by atoms with Crippen molar-refractivity contribution in [2.45, 2.75) is 44.2 Å². The molecule has 0 radical (unpaired) electrons. The Kier molecular flexibility index (Phi) is 7.09. The van der Waals surface area contributed by atoms with E-state index in [1.54, 1.807) is 6.92 Å². The molecule has 0 aromatic rings. The van der Waals surface area contributed by atoms with Gasteiger partial charge in [0.05, 0.1) is 0 Å². The molecule has 0 amide bonds. The third-order valence-corrected chi connectivity index (χ3v) is 3.21. The minimum absolute atomic E-state index is 0.0644. The predicted molar refractivity (Wildman–Crippen MR) is 57.8 cm³/mol. The fraction of sp³-hybridized carbons (Fsp3) is 0.900. The number of carbonyl (C=O) groups is 1. The van der Waals surface area contributed by atoms with Crippen LogP contribution in [0.25, 0.3) is 0 Å². The molecule has 0 heterocycles. The summed E-state index contributed by atoms with van der Waals surface area (Å²) >= 11 is 0.759. The summed E-state index contributed by atoms with van der Waals surface area (Å²) in [5, 5.41) is -0.233. The fourth-order valence-electron chi connectivity index (χ4n) is 1.03. The van der Waals surface area contributed by atoms with E-state index in [0.29, 0.717) is 0 Å². The highest BCUT2D eigenvalue weighted by Crippen LogP contribution is 2.39. The van der Waals surface area contributed by atoms with E-state index >= 15 is 0 Å². The molecule has 0 aliphatic rings. The van der Waals surface area contributed by atoms with E-state index in [1.165, 1.54) is 0 Å². The van der Waals surface area contributed by atoms with Gasteiger partial charge in [-0.1, -0.05) is 18.7 Å². The zero-order chi connectivity index (χ0) is 14.4. The second-order valence-electron chi connectivity index (χ2n) is 3.71. The lowest BCUT2D eigenvalue weighted by Gasteiger charge is -2.25. The third-order valence-electron chi connectivity index (χ3n) is 2.16. The SMILES string of the molecule is CCC(=O)SCCC(F)CC(F)(F)C(F)(F)CF. The first kappa shape index (κ1) is 17.6. The first-order chi connectivity index (χ1) is 8.16. The second kappa shape index (κ2) is 7.25. The summed E-state index contributed by atoms with van der Waals surface area (Å²) in [6.07, 6.45) is -4.17. The van der Waals surface area contributed by atoms with Crippen molar-refractivity contribution in [3.05, 3.63) is 0 Å². The Labute approximate surface area is 105 Å². The Morgan fingerprint density at radius 1 is 1.22 bits per heavy atom. The van der Waals surface area contributed by atoms with Crippen LogP contribution < -0.4 is 0 Å². The number of rotatable bonds is 8. The van der Waals surface area contributed by atoms with E-state index < -0.39 is 37.5 Å². The highest BCUT2D eigenvalue weighted by atomic mass is 32.2. The Bertz CT molecular complexity index is 271. The van der Waals surface area contributed by atoms with E-state index in [0.717, 1.165) is 11.8 Å². The van der Waals surface area contributed by atoms with Gasteiger partial charge in [-0.15, -0.1) is 0 Å². The minimum atomic E-state index is -4.86. The van der Waals surface area contributed by atoms with E-state index in [1.807, 2.05) is 0 Å². The summed E-state index contributed by atoms with van der Waals surface area (Å²) in [5.41, 5.74) is 0. The molecule has 18 heavy (non-hydrogen) atoms. The van der Waals surface area contributed by atoms with Gasteiger partial charge in [-0.25, -0.2) is 8.78 Å². The molecule has 0 saturated heterocycles. The van der Waals surface area contributed by atoms with Crippen LogP contribution in [0.15, 0.2) is 0 Å². The molecule has 1 unspecified atom stereocenters. The highest BCUT2D eigenvalue weighted by Gasteiger charge is 2.57. The Morgan fingerprint density at radius 3 is 2.22 bits per heavy atom. The zero-order valence-corrected chi connectivity index (χ0v) is 10.5. The Morgan fingerprint density at radius 2 is 1.78 bits per heavy atom. The molecule has 108 valence electrons. The van der Waals surface area contributed by atoms with Gasteiger partial charge in [-0.3, -0.25) is 4.79 Å². The second-order valence-corrected chi connectivity index (χ2v) is 4.86. The van der Waals surface area contributed by atoms with E-state index in [9.17, 15) is 31.1 Å². The average Bonchev–Trinajstić information content (AvgIpc) is 2.27. The average molecular weight is 296 g/mol. The maximum absolute atomic E-state index is 13.1. The molecule has 0 aliphatic carbocycles. The molecule has 0 bridgehead atoms. The molecule has 8 heteroatoms. The summed E-state index contributed by atoms with van der Waals surface area (Å²) in [7, 11) is 0. The Balaban J connectivity index is 4.15. The third kappa shape index (κ3) is 5.49. The smallest absolute Gasteiger partial charge is 0.287 e. The fourth-order valence-corrected chi connectivity index (χ4v) is 1.84. The van der Waals surface area contributed by atoms with Gasteiger partial charge >= 0.3 is 11.8 Å². The minimum Gasteiger partial charge on any atom is -0.287 e. The maximum Gasteiger partial charge on any atom is 0.337 e. The van der Waals surface area contributed by atoms with E-state index in [2.05, 4.69) is 0 Å². The summed E-state index contributed by atoms with van der Waals surface area (Å²) in [6.45, 7) is -0.950. The molecule has 1 atom stereocenters. The van der Waals surface area contributed by atoms with Crippen molar-refractivity contribution >= 4 is 16.9 Å². The van der Waals surface area contributed by atoms with Crippen LogP contribution in [0.5, 0.6) is 0 Å². The standard InChI is InChI=1S/C10H14F6OS/c1-2-8(17)18-4-3-7(12)5-9(13,14)10(15,16)6-11/h7H,2-6H2,1H3. The monoisotopic (exact) mass is 296 g/mol. The molecule has 0 rings (SSSR count). The van der Waals surface area contributed by atoms with Crippen molar-refractivity contribution in [1.29, 1.82) is 0 Å². The van der Waals surface area contributed by atoms with Gasteiger partial charge in [0.25, 0.3) is 0 Å². The number of hydrogen-bond donors (Lipinski definition) is 0. The molecular weight excluding hydrogens is 282 g/mol. The summed E-state index contributed by atoms with van der Waals surface area (Å²) in [4.78, 5) is 10.8. The molecule has 1 nitrogen and oxygen atoms in total. The van der Waals surface area contributed by atoms with Crippen LogP contribution in [0, 0.1) is 0 Å². The van der Waals surface area contributed by atoms with Gasteiger partial charge in [-0.2, -0.15) is 17.6 Å². The number of halogens is 6. The van der Waals surface area contributed by atoms with Gasteiger partial charge in [0.1, 0.15) is 6.17 Å². The molecule has 0 saturated carbocycles. The van der Waals surface area contributed by atoms with Crippen molar-refractivity contribution in [1.82, 2.24) is 0 Å². The topological polar surface area (TPSA) is 17.1 Å². The summed E-state index contributed by atoms with van der Waals surface area (Å²) in [6, 6.07) is 0. The van der Waals surface area contributed by atoms with Gasteiger partial charge in [-0.05, 0) is 6.42 Å². The molecule has 0 aromatic heterocycles. The Hall–Kier alpha value is -0.400. The lowest BCUT2D eigenvalue weighted by atomic mass is 10.0. The first-order valence-corrected chi connectivity index (χ1v) is 6.26. The van der Waals surface area contributed by atoms with Crippen molar-refractivity contribution in [3.63, 3.8) is 0 Å². The van der Waals surface area contributed by atoms with Gasteiger partial charge in [0.15, 0.2) is 11.8 Å². The van der Waals surface area contributed by atoms with Crippen LogP contribution in [0.3, 0.4) is 0 Å². The molecule has 0 aromatic carbocycles. The number of alkyl halides is 6. The largest absolute Gasteiger partial charge is 0.337 e. The lowest BCUT2D eigenvalue weighted by Crippen LogP contribution is -2.44. The number of carbonyl (C=O) groups excluding carboxylic acids is 1. The van der Waals surface area contributed by atoms with Crippen molar-refractivity contribution in [3.8, 4) is 0 Å².